The van der Waals surface area contributed by atoms with Crippen molar-refractivity contribution < 1.29 is 24.6 Å². The number of fused-ring (bicyclic) bond motifs is 4. The van der Waals surface area contributed by atoms with Crippen LogP contribution in [0.25, 0.3) is 0 Å². The number of para-hydroxylation sites is 2. The molecule has 8 rings (SSSR count). The van der Waals surface area contributed by atoms with Crippen molar-refractivity contribution in [3.63, 3.8) is 0 Å². The summed E-state index contributed by atoms with van der Waals surface area (Å²) < 4.78 is 0. The Hall–Kier alpha value is -4.61. The van der Waals surface area contributed by atoms with E-state index in [0.29, 0.717) is 17.7 Å². The maximum atomic E-state index is 11.5. The Bertz CT molecular complexity index is 2090. The van der Waals surface area contributed by atoms with Gasteiger partial charge in [0.1, 0.15) is 0 Å². The molecule has 2 fully saturated rings. The molecule has 0 aliphatic carbocycles. The molecule has 59 heavy (non-hydrogen) atoms. The first kappa shape index (κ1) is 42.5. The SMILES string of the molecule is NCC(=O)NCCN1CCN(CCCN2c3ccccc3Sc3ccc(C(=O)O)cc32)CC1.O=C(O)c1ccc2c(c1)N(CCCN1CCNCC1)c1ccccc1S2. The number of anilines is 4. The van der Waals surface area contributed by atoms with Crippen LogP contribution in [-0.2, 0) is 4.79 Å². The zero-order chi connectivity index (χ0) is 41.1. The average molecular weight is 839 g/mol. The van der Waals surface area contributed by atoms with Gasteiger partial charge in [0.25, 0.3) is 0 Å². The number of amides is 1. The van der Waals surface area contributed by atoms with Gasteiger partial charge in [-0.15, -0.1) is 0 Å². The maximum Gasteiger partial charge on any atom is 0.335 e. The van der Waals surface area contributed by atoms with Crippen LogP contribution in [0, 0.1) is 0 Å². The summed E-state index contributed by atoms with van der Waals surface area (Å²) in [6.45, 7) is 13.7. The van der Waals surface area contributed by atoms with Gasteiger partial charge in [-0.25, -0.2) is 9.59 Å². The fraction of sp³-hybridized carbons (Fsp3) is 0.386. The maximum absolute atomic E-state index is 11.5. The van der Waals surface area contributed by atoms with Gasteiger partial charge in [0.15, 0.2) is 0 Å². The van der Waals surface area contributed by atoms with E-state index >= 15 is 0 Å². The van der Waals surface area contributed by atoms with Gasteiger partial charge in [0.2, 0.25) is 5.91 Å². The Balaban J connectivity index is 0.000000184. The lowest BCUT2D eigenvalue weighted by molar-refractivity contribution is -0.119. The minimum atomic E-state index is -0.901. The summed E-state index contributed by atoms with van der Waals surface area (Å²) in [5, 5.41) is 25.1. The first-order valence-corrected chi connectivity index (χ1v) is 22.1. The summed E-state index contributed by atoms with van der Waals surface area (Å²) >= 11 is 3.41. The summed E-state index contributed by atoms with van der Waals surface area (Å²) in [5.74, 6) is -1.89. The summed E-state index contributed by atoms with van der Waals surface area (Å²) in [7, 11) is 0. The molecule has 0 unspecified atom stereocenters. The van der Waals surface area contributed by atoms with Gasteiger partial charge in [-0.05, 0) is 86.6 Å². The number of carbonyl (C=O) groups is 3. The number of hydrogen-bond acceptors (Lipinski definition) is 12. The highest BCUT2D eigenvalue weighted by molar-refractivity contribution is 8.00. The lowest BCUT2D eigenvalue weighted by atomic mass is 10.1. The van der Waals surface area contributed by atoms with Gasteiger partial charge in [-0.2, -0.15) is 0 Å². The van der Waals surface area contributed by atoms with Crippen molar-refractivity contribution in [2.45, 2.75) is 32.4 Å². The van der Waals surface area contributed by atoms with Gasteiger partial charge in [0, 0.05) is 98.1 Å². The van der Waals surface area contributed by atoms with Crippen LogP contribution in [0.3, 0.4) is 0 Å². The Morgan fingerprint density at radius 2 is 1.02 bits per heavy atom. The summed E-state index contributed by atoms with van der Waals surface area (Å²) in [4.78, 5) is 50.8. The van der Waals surface area contributed by atoms with E-state index in [2.05, 4.69) is 71.5 Å². The zero-order valence-electron chi connectivity index (χ0n) is 33.4. The number of rotatable bonds is 14. The second-order valence-corrected chi connectivity index (χ2v) is 17.1. The third-order valence-corrected chi connectivity index (χ3v) is 13.3. The van der Waals surface area contributed by atoms with E-state index in [1.807, 2.05) is 30.3 Å². The highest BCUT2D eigenvalue weighted by atomic mass is 32.2. The standard InChI is InChI=1S/C24H31N5O3S.C20H23N3O2S/c25-17-23(30)26-8-11-28-14-12-27(13-15-28)9-3-10-29-19-4-1-2-5-21(19)33-22-7-6-18(24(31)32)16-20(22)29;24-20(25)15-6-7-19-17(14-15)23(16-4-1-2-5-18(16)26-19)11-3-10-22-12-8-21-9-13-22/h1-2,4-7,16H,3,8-15,17,25H2,(H,26,30)(H,31,32);1-2,4-7,14,21H,3,8-13H2,(H,24,25). The van der Waals surface area contributed by atoms with Crippen molar-refractivity contribution in [2.24, 2.45) is 5.73 Å². The topological polar surface area (TPSA) is 158 Å². The van der Waals surface area contributed by atoms with Crippen molar-refractivity contribution in [1.82, 2.24) is 25.3 Å². The first-order valence-electron chi connectivity index (χ1n) is 20.5. The van der Waals surface area contributed by atoms with Crippen LogP contribution in [-0.4, -0.2) is 141 Å². The highest BCUT2D eigenvalue weighted by Gasteiger charge is 2.26. The van der Waals surface area contributed by atoms with Crippen LogP contribution in [0.2, 0.25) is 0 Å². The second-order valence-electron chi connectivity index (χ2n) is 15.0. The van der Waals surface area contributed by atoms with Crippen LogP contribution in [0.4, 0.5) is 22.7 Å². The van der Waals surface area contributed by atoms with E-state index < -0.39 is 11.9 Å². The number of aromatic carboxylic acids is 2. The number of nitrogens with zero attached hydrogens (tertiary/aromatic N) is 5. The third-order valence-electron chi connectivity index (χ3n) is 11.1. The van der Waals surface area contributed by atoms with Gasteiger partial charge in [-0.3, -0.25) is 9.69 Å². The molecule has 4 aromatic rings. The van der Waals surface area contributed by atoms with E-state index in [-0.39, 0.29) is 12.5 Å². The predicted molar refractivity (Wildman–Crippen MR) is 235 cm³/mol. The molecule has 0 spiro atoms. The molecule has 4 aromatic carbocycles. The van der Waals surface area contributed by atoms with Crippen LogP contribution in [0.5, 0.6) is 0 Å². The molecule has 0 saturated carbocycles. The molecule has 0 aromatic heterocycles. The molecule has 13 nitrogen and oxygen atoms in total. The largest absolute Gasteiger partial charge is 0.478 e. The quantitative estimate of drug-likeness (QED) is 0.111. The molecule has 0 bridgehead atoms. The Kier molecular flexibility index (Phi) is 14.8. The van der Waals surface area contributed by atoms with Gasteiger partial charge >= 0.3 is 11.9 Å². The molecule has 15 heteroatoms. The molecular weight excluding hydrogens is 785 g/mol. The number of carbonyl (C=O) groups excluding carboxylic acids is 1. The number of carboxylic acids is 2. The molecule has 2 saturated heterocycles. The average Bonchev–Trinajstić information content (AvgIpc) is 3.26. The van der Waals surface area contributed by atoms with Crippen molar-refractivity contribution in [3.8, 4) is 0 Å². The third kappa shape index (κ3) is 11.0. The van der Waals surface area contributed by atoms with Crippen LogP contribution in [0.1, 0.15) is 33.6 Å². The molecule has 0 atom stereocenters. The van der Waals surface area contributed by atoms with Crippen LogP contribution in [0.15, 0.2) is 105 Å². The van der Waals surface area contributed by atoms with E-state index in [1.54, 1.807) is 41.7 Å². The van der Waals surface area contributed by atoms with Gasteiger partial charge < -0.3 is 46.2 Å². The highest BCUT2D eigenvalue weighted by Crippen LogP contribution is 2.49. The summed E-state index contributed by atoms with van der Waals surface area (Å²) in [6, 6.07) is 27.5. The molecule has 4 aliphatic rings. The number of benzene rings is 4. The first-order chi connectivity index (χ1) is 28.8. The fourth-order valence-corrected chi connectivity index (χ4v) is 10.1. The fourth-order valence-electron chi connectivity index (χ4n) is 7.91. The van der Waals surface area contributed by atoms with Gasteiger partial charge in [0.05, 0.1) is 40.4 Å². The van der Waals surface area contributed by atoms with E-state index in [9.17, 15) is 24.6 Å². The monoisotopic (exact) mass is 838 g/mol. The predicted octanol–water partition coefficient (Wildman–Crippen LogP) is 5.35. The van der Waals surface area contributed by atoms with Crippen molar-refractivity contribution in [2.75, 3.05) is 108 Å². The van der Waals surface area contributed by atoms with Crippen LogP contribution < -0.4 is 26.2 Å². The van der Waals surface area contributed by atoms with E-state index in [0.717, 1.165) is 125 Å². The minimum Gasteiger partial charge on any atom is -0.478 e. The number of carboxylic acid groups (broad SMARTS) is 2. The lowest BCUT2D eigenvalue weighted by Crippen LogP contribution is -2.49. The molecule has 0 radical (unpaired) electrons. The van der Waals surface area contributed by atoms with E-state index in [1.165, 1.54) is 15.5 Å². The Labute approximate surface area is 354 Å². The molecule has 4 heterocycles. The molecule has 1 amide bonds. The Morgan fingerprint density at radius 3 is 1.49 bits per heavy atom. The zero-order valence-corrected chi connectivity index (χ0v) is 35.0. The lowest BCUT2D eigenvalue weighted by Gasteiger charge is -2.36. The number of nitrogens with two attached hydrogens (primary N) is 1. The minimum absolute atomic E-state index is 0.0378. The molecule has 6 N–H and O–H groups in total. The molecule has 312 valence electrons. The molecule has 4 aliphatic heterocycles. The van der Waals surface area contributed by atoms with Crippen molar-refractivity contribution >= 4 is 64.1 Å². The summed E-state index contributed by atoms with van der Waals surface area (Å²) in [6.07, 6.45) is 2.04. The summed E-state index contributed by atoms with van der Waals surface area (Å²) in [5.41, 5.74) is 10.3. The molecular formula is C44H54N8O5S2. The smallest absolute Gasteiger partial charge is 0.335 e. The number of nitrogens with one attached hydrogen (secondary N) is 2. The van der Waals surface area contributed by atoms with Crippen molar-refractivity contribution in [3.05, 3.63) is 96.1 Å². The number of piperazine rings is 2. The normalized spacial score (nSPS) is 16.5. The second kappa shape index (κ2) is 20.6. The number of hydrogen-bond donors (Lipinski definition) is 5. The Morgan fingerprint density at radius 1 is 0.576 bits per heavy atom. The van der Waals surface area contributed by atoms with Crippen molar-refractivity contribution in [1.29, 1.82) is 0 Å². The van der Waals surface area contributed by atoms with Gasteiger partial charge in [-0.1, -0.05) is 47.8 Å². The van der Waals surface area contributed by atoms with E-state index in [4.69, 9.17) is 5.73 Å². The van der Waals surface area contributed by atoms with Crippen LogP contribution >= 0.6 is 23.5 Å².